The third-order valence-electron chi connectivity index (χ3n) is 5.46. The SMILES string of the molecule is COc1c(C)cc(C)cc1/C(O)=C1\C(=O)C(=O)N(c2ccc(F)cc2)C1c1ccc(C)o1. The smallest absolute Gasteiger partial charge is 0.300 e. The monoisotopic (exact) mass is 435 g/mol. The van der Waals surface area contributed by atoms with E-state index in [0.29, 0.717) is 28.5 Å². The summed E-state index contributed by atoms with van der Waals surface area (Å²) in [7, 11) is 1.47. The lowest BCUT2D eigenvalue weighted by Crippen LogP contribution is -2.29. The molecule has 0 bridgehead atoms. The van der Waals surface area contributed by atoms with Gasteiger partial charge in [-0.1, -0.05) is 6.07 Å². The van der Waals surface area contributed by atoms with Gasteiger partial charge in [-0.3, -0.25) is 14.5 Å². The van der Waals surface area contributed by atoms with Crippen LogP contribution in [-0.4, -0.2) is 23.9 Å². The molecule has 2 heterocycles. The Balaban J connectivity index is 1.99. The number of carbonyl (C=O) groups excluding carboxylic acids is 2. The minimum absolute atomic E-state index is 0.128. The molecule has 0 saturated carbocycles. The van der Waals surface area contributed by atoms with Crippen molar-refractivity contribution in [2.24, 2.45) is 0 Å². The molecule has 3 aromatic rings. The first-order chi connectivity index (χ1) is 15.2. The first-order valence-corrected chi connectivity index (χ1v) is 10.0. The number of methoxy groups -OCH3 is 1. The lowest BCUT2D eigenvalue weighted by Gasteiger charge is -2.23. The molecule has 0 radical (unpaired) electrons. The molecule has 1 atom stereocenters. The molecule has 1 unspecified atom stereocenters. The highest BCUT2D eigenvalue weighted by Gasteiger charge is 2.48. The highest BCUT2D eigenvalue weighted by atomic mass is 19.1. The van der Waals surface area contributed by atoms with Gasteiger partial charge in [0.15, 0.2) is 0 Å². The van der Waals surface area contributed by atoms with Gasteiger partial charge in [0, 0.05) is 5.69 Å². The summed E-state index contributed by atoms with van der Waals surface area (Å²) in [4.78, 5) is 27.5. The van der Waals surface area contributed by atoms with Crippen LogP contribution in [0.3, 0.4) is 0 Å². The van der Waals surface area contributed by atoms with E-state index in [-0.39, 0.29) is 11.3 Å². The fourth-order valence-corrected chi connectivity index (χ4v) is 4.12. The second kappa shape index (κ2) is 8.00. The zero-order valence-electron chi connectivity index (χ0n) is 18.1. The molecule has 1 saturated heterocycles. The van der Waals surface area contributed by atoms with Gasteiger partial charge in [0.1, 0.15) is 34.9 Å². The van der Waals surface area contributed by atoms with E-state index in [2.05, 4.69) is 0 Å². The first-order valence-electron chi connectivity index (χ1n) is 10.0. The van der Waals surface area contributed by atoms with Gasteiger partial charge in [0.2, 0.25) is 0 Å². The summed E-state index contributed by atoms with van der Waals surface area (Å²) in [6.07, 6.45) is 0. The van der Waals surface area contributed by atoms with Crippen LogP contribution < -0.4 is 9.64 Å². The van der Waals surface area contributed by atoms with Crippen molar-refractivity contribution in [3.63, 3.8) is 0 Å². The van der Waals surface area contributed by atoms with E-state index in [0.717, 1.165) is 11.1 Å². The number of ketones is 1. The molecule has 1 aliphatic rings. The van der Waals surface area contributed by atoms with E-state index in [1.165, 1.54) is 36.3 Å². The van der Waals surface area contributed by atoms with E-state index < -0.39 is 23.5 Å². The molecule has 7 heteroatoms. The highest BCUT2D eigenvalue weighted by molar-refractivity contribution is 6.51. The van der Waals surface area contributed by atoms with Gasteiger partial charge in [-0.05, 0) is 74.4 Å². The van der Waals surface area contributed by atoms with Crippen LogP contribution in [0.2, 0.25) is 0 Å². The zero-order chi connectivity index (χ0) is 23.2. The number of benzene rings is 2. The number of hydrogen-bond acceptors (Lipinski definition) is 5. The van der Waals surface area contributed by atoms with Crippen LogP contribution in [0.25, 0.3) is 5.76 Å². The number of hydrogen-bond donors (Lipinski definition) is 1. The molecule has 2 aromatic carbocycles. The van der Waals surface area contributed by atoms with Crippen molar-refractivity contribution in [3.05, 3.63) is 88.1 Å². The van der Waals surface area contributed by atoms with Crippen LogP contribution in [0, 0.1) is 26.6 Å². The van der Waals surface area contributed by atoms with Gasteiger partial charge < -0.3 is 14.3 Å². The van der Waals surface area contributed by atoms with Gasteiger partial charge in [0.05, 0.1) is 18.2 Å². The number of furan rings is 1. The summed E-state index contributed by atoms with van der Waals surface area (Å²) in [6, 6.07) is 11.1. The molecule has 1 aromatic heterocycles. The van der Waals surface area contributed by atoms with Crippen LogP contribution in [0.4, 0.5) is 10.1 Å². The fourth-order valence-electron chi connectivity index (χ4n) is 4.12. The van der Waals surface area contributed by atoms with Crippen molar-refractivity contribution in [1.82, 2.24) is 0 Å². The summed E-state index contributed by atoms with van der Waals surface area (Å²) >= 11 is 0. The summed E-state index contributed by atoms with van der Waals surface area (Å²) < 4.78 is 24.7. The van der Waals surface area contributed by atoms with Crippen LogP contribution in [0.5, 0.6) is 5.75 Å². The van der Waals surface area contributed by atoms with Gasteiger partial charge >= 0.3 is 0 Å². The van der Waals surface area contributed by atoms with E-state index in [4.69, 9.17) is 9.15 Å². The maximum atomic E-state index is 13.5. The first kappa shape index (κ1) is 21.4. The number of halogens is 1. The van der Waals surface area contributed by atoms with Gasteiger partial charge in [0.25, 0.3) is 11.7 Å². The summed E-state index contributed by atoms with van der Waals surface area (Å²) in [5, 5.41) is 11.3. The molecule has 0 spiro atoms. The minimum Gasteiger partial charge on any atom is -0.507 e. The standard InChI is InChI=1S/C25H22FNO5/c1-13-11-14(2)24(31-4)18(12-13)22(28)20-21(19-10-5-15(3)32-19)27(25(30)23(20)29)17-8-6-16(26)7-9-17/h5-12,21,28H,1-4H3/b22-20+. The van der Waals surface area contributed by atoms with Gasteiger partial charge in [-0.15, -0.1) is 0 Å². The second-order valence-electron chi connectivity index (χ2n) is 7.76. The maximum absolute atomic E-state index is 13.5. The Bertz CT molecular complexity index is 1260. The molecule has 164 valence electrons. The molecule has 0 aliphatic carbocycles. The highest BCUT2D eigenvalue weighted by Crippen LogP contribution is 2.44. The Hall–Kier alpha value is -3.87. The lowest BCUT2D eigenvalue weighted by atomic mass is 9.96. The van der Waals surface area contributed by atoms with Gasteiger partial charge in [-0.2, -0.15) is 0 Å². The Kier molecular flexibility index (Phi) is 5.34. The average Bonchev–Trinajstić information content (AvgIpc) is 3.29. The van der Waals surface area contributed by atoms with Gasteiger partial charge in [-0.25, -0.2) is 4.39 Å². The normalized spacial score (nSPS) is 17.8. The number of amides is 1. The van der Waals surface area contributed by atoms with Crippen LogP contribution in [-0.2, 0) is 9.59 Å². The lowest BCUT2D eigenvalue weighted by molar-refractivity contribution is -0.132. The Morgan fingerprint density at radius 2 is 1.75 bits per heavy atom. The Labute approximate surface area is 184 Å². The zero-order valence-corrected chi connectivity index (χ0v) is 18.1. The number of anilines is 1. The molecule has 4 rings (SSSR count). The topological polar surface area (TPSA) is 80.0 Å². The number of ether oxygens (including phenoxy) is 1. The predicted octanol–water partition coefficient (Wildman–Crippen LogP) is 4.98. The van der Waals surface area contributed by atoms with Crippen LogP contribution in [0.15, 0.2) is 58.5 Å². The maximum Gasteiger partial charge on any atom is 0.300 e. The largest absolute Gasteiger partial charge is 0.507 e. The van der Waals surface area contributed by atoms with Crippen molar-refractivity contribution in [2.45, 2.75) is 26.8 Å². The average molecular weight is 435 g/mol. The van der Waals surface area contributed by atoms with Crippen molar-refractivity contribution in [3.8, 4) is 5.75 Å². The third-order valence-corrected chi connectivity index (χ3v) is 5.46. The van der Waals surface area contributed by atoms with E-state index in [1.54, 1.807) is 25.1 Å². The molecular weight excluding hydrogens is 413 g/mol. The Morgan fingerprint density at radius 1 is 1.06 bits per heavy atom. The molecular formula is C25H22FNO5. The van der Waals surface area contributed by atoms with E-state index in [9.17, 15) is 19.1 Å². The number of nitrogens with zero attached hydrogens (tertiary/aromatic N) is 1. The predicted molar refractivity (Wildman–Crippen MR) is 117 cm³/mol. The number of aryl methyl sites for hydroxylation is 3. The number of carbonyl (C=O) groups is 2. The number of Topliss-reactive ketones (excluding diaryl/α,β-unsaturated/α-hetero) is 1. The molecule has 1 N–H and O–H groups in total. The fraction of sp³-hybridized carbons (Fsp3) is 0.200. The molecule has 1 aliphatic heterocycles. The molecule has 1 amide bonds. The van der Waals surface area contributed by atoms with Crippen molar-refractivity contribution < 1.29 is 28.2 Å². The summed E-state index contributed by atoms with van der Waals surface area (Å²) in [5.74, 6) is -1.28. The quantitative estimate of drug-likeness (QED) is 0.355. The molecule has 32 heavy (non-hydrogen) atoms. The summed E-state index contributed by atoms with van der Waals surface area (Å²) in [6.45, 7) is 5.42. The number of aliphatic hydroxyl groups is 1. The molecule has 6 nitrogen and oxygen atoms in total. The van der Waals surface area contributed by atoms with Crippen LogP contribution >= 0.6 is 0 Å². The summed E-state index contributed by atoms with van der Waals surface area (Å²) in [5.41, 5.74) is 2.10. The number of rotatable bonds is 4. The second-order valence-corrected chi connectivity index (χ2v) is 7.76. The van der Waals surface area contributed by atoms with Crippen molar-refractivity contribution in [1.29, 1.82) is 0 Å². The molecule has 1 fully saturated rings. The third kappa shape index (κ3) is 3.45. The van der Waals surface area contributed by atoms with E-state index in [1.807, 2.05) is 19.9 Å². The Morgan fingerprint density at radius 3 is 2.34 bits per heavy atom. The minimum atomic E-state index is -1.03. The number of aliphatic hydroxyl groups excluding tert-OH is 1. The van der Waals surface area contributed by atoms with Crippen molar-refractivity contribution in [2.75, 3.05) is 12.0 Å². The van der Waals surface area contributed by atoms with Crippen molar-refractivity contribution >= 4 is 23.1 Å². The van der Waals surface area contributed by atoms with E-state index >= 15 is 0 Å². The van der Waals surface area contributed by atoms with Crippen LogP contribution in [0.1, 0.15) is 34.3 Å².